The number of nitrogens with zero attached hydrogens (tertiary/aromatic N) is 3. The van der Waals surface area contributed by atoms with E-state index in [2.05, 4.69) is 22.0 Å². The standard InChI is InChI=1S/C15H23ClN4O2/c1-3-10-13(16)14(18-17-10)15(21)20-7-8-22-12-5-6-19(4-2)9-11(12)20/h11-12H,3-9H2,1-2H3,(H,17,18)/t11-,12+/m0/s1. The summed E-state index contributed by atoms with van der Waals surface area (Å²) in [7, 11) is 0. The number of carbonyl (C=O) groups excluding carboxylic acids is 1. The summed E-state index contributed by atoms with van der Waals surface area (Å²) < 4.78 is 5.87. The van der Waals surface area contributed by atoms with Crippen LogP contribution >= 0.6 is 11.6 Å². The maximum absolute atomic E-state index is 12.9. The van der Waals surface area contributed by atoms with Crippen molar-refractivity contribution in [3.63, 3.8) is 0 Å². The number of carbonyl (C=O) groups is 1. The number of rotatable bonds is 3. The second-order valence-electron chi connectivity index (χ2n) is 5.88. The molecule has 1 amide bonds. The predicted molar refractivity (Wildman–Crippen MR) is 84.3 cm³/mol. The number of piperidine rings is 1. The van der Waals surface area contributed by atoms with Crippen molar-refractivity contribution in [2.45, 2.75) is 38.8 Å². The number of halogens is 1. The van der Waals surface area contributed by atoms with Gasteiger partial charge in [0.15, 0.2) is 5.69 Å². The Bertz CT molecular complexity index is 548. The van der Waals surface area contributed by atoms with E-state index in [1.807, 2.05) is 11.8 Å². The van der Waals surface area contributed by atoms with Gasteiger partial charge < -0.3 is 14.5 Å². The highest BCUT2D eigenvalue weighted by molar-refractivity contribution is 6.34. The van der Waals surface area contributed by atoms with E-state index in [9.17, 15) is 4.79 Å². The molecule has 3 rings (SSSR count). The largest absolute Gasteiger partial charge is 0.374 e. The highest BCUT2D eigenvalue weighted by atomic mass is 35.5. The van der Waals surface area contributed by atoms with Gasteiger partial charge in [-0.2, -0.15) is 5.10 Å². The maximum Gasteiger partial charge on any atom is 0.276 e. The first-order valence-corrected chi connectivity index (χ1v) is 8.41. The maximum atomic E-state index is 12.9. The smallest absolute Gasteiger partial charge is 0.276 e. The number of likely N-dealkylation sites (tertiary alicyclic amines) is 1. The quantitative estimate of drug-likeness (QED) is 0.915. The van der Waals surface area contributed by atoms with Gasteiger partial charge in [-0.1, -0.05) is 25.4 Å². The molecular formula is C15H23ClN4O2. The zero-order chi connectivity index (χ0) is 15.7. The van der Waals surface area contributed by atoms with Crippen LogP contribution in [0.2, 0.25) is 5.02 Å². The number of aromatic amines is 1. The van der Waals surface area contributed by atoms with Crippen molar-refractivity contribution in [1.82, 2.24) is 20.0 Å². The van der Waals surface area contributed by atoms with Crippen molar-refractivity contribution < 1.29 is 9.53 Å². The third-order valence-corrected chi connectivity index (χ3v) is 5.12. The lowest BCUT2D eigenvalue weighted by molar-refractivity contribution is -0.0897. The third kappa shape index (κ3) is 2.75. The molecule has 6 nitrogen and oxygen atoms in total. The van der Waals surface area contributed by atoms with Gasteiger partial charge in [-0.25, -0.2) is 0 Å². The summed E-state index contributed by atoms with van der Waals surface area (Å²) in [5.74, 6) is -0.0859. The first-order chi connectivity index (χ1) is 10.7. The van der Waals surface area contributed by atoms with Crippen LogP contribution in [0.25, 0.3) is 0 Å². The molecule has 2 atom stereocenters. The highest BCUT2D eigenvalue weighted by Crippen LogP contribution is 2.27. The normalized spacial score (nSPS) is 26.0. The molecule has 122 valence electrons. The number of amides is 1. The number of H-pyrrole nitrogens is 1. The second-order valence-corrected chi connectivity index (χ2v) is 6.25. The number of fused-ring (bicyclic) bond motifs is 1. The predicted octanol–water partition coefficient (Wildman–Crippen LogP) is 1.56. The van der Waals surface area contributed by atoms with E-state index in [1.165, 1.54) is 0 Å². The zero-order valence-corrected chi connectivity index (χ0v) is 13.9. The molecule has 0 bridgehead atoms. The topological polar surface area (TPSA) is 61.5 Å². The van der Waals surface area contributed by atoms with Gasteiger partial charge in [0.1, 0.15) is 0 Å². The van der Waals surface area contributed by atoms with Crippen LogP contribution in [0.15, 0.2) is 0 Å². The fourth-order valence-corrected chi connectivity index (χ4v) is 3.65. The molecule has 0 saturated carbocycles. The number of hydrogen-bond acceptors (Lipinski definition) is 4. The molecule has 0 unspecified atom stereocenters. The van der Waals surface area contributed by atoms with Gasteiger partial charge in [0.05, 0.1) is 29.5 Å². The number of morpholine rings is 1. The van der Waals surface area contributed by atoms with Crippen LogP contribution in [0, 0.1) is 0 Å². The van der Waals surface area contributed by atoms with Crippen molar-refractivity contribution >= 4 is 17.5 Å². The first-order valence-electron chi connectivity index (χ1n) is 8.03. The number of hydrogen-bond donors (Lipinski definition) is 1. The van der Waals surface area contributed by atoms with E-state index < -0.39 is 0 Å². The van der Waals surface area contributed by atoms with Gasteiger partial charge in [0.2, 0.25) is 0 Å². The molecule has 2 saturated heterocycles. The van der Waals surface area contributed by atoms with E-state index in [0.717, 1.165) is 38.2 Å². The first kappa shape index (κ1) is 15.8. The van der Waals surface area contributed by atoms with E-state index in [0.29, 0.717) is 23.9 Å². The summed E-state index contributed by atoms with van der Waals surface area (Å²) in [6.07, 6.45) is 1.83. The Morgan fingerprint density at radius 2 is 2.27 bits per heavy atom. The summed E-state index contributed by atoms with van der Waals surface area (Å²) in [4.78, 5) is 17.1. The van der Waals surface area contributed by atoms with Gasteiger partial charge in [0.25, 0.3) is 5.91 Å². The van der Waals surface area contributed by atoms with Gasteiger partial charge >= 0.3 is 0 Å². The number of likely N-dealkylation sites (N-methyl/N-ethyl adjacent to an activating group) is 1. The Hall–Kier alpha value is -1.11. The molecule has 0 spiro atoms. The van der Waals surface area contributed by atoms with Gasteiger partial charge in [-0.15, -0.1) is 0 Å². The van der Waals surface area contributed by atoms with Crippen molar-refractivity contribution in [3.8, 4) is 0 Å². The average Bonchev–Trinajstić information content (AvgIpc) is 2.93. The summed E-state index contributed by atoms with van der Waals surface area (Å²) in [5.41, 5.74) is 1.15. The number of aryl methyl sites for hydroxylation is 1. The molecule has 1 aromatic heterocycles. The molecule has 3 heterocycles. The molecule has 2 aliphatic rings. The van der Waals surface area contributed by atoms with E-state index in [1.54, 1.807) is 0 Å². The third-order valence-electron chi connectivity index (χ3n) is 4.71. The molecule has 1 N–H and O–H groups in total. The minimum Gasteiger partial charge on any atom is -0.374 e. The number of aromatic nitrogens is 2. The summed E-state index contributed by atoms with van der Waals surface area (Å²) >= 11 is 6.29. The second kappa shape index (κ2) is 6.56. The lowest BCUT2D eigenvalue weighted by atomic mass is 9.98. The molecule has 2 fully saturated rings. The Balaban J connectivity index is 1.82. The van der Waals surface area contributed by atoms with Crippen LogP contribution < -0.4 is 0 Å². The zero-order valence-electron chi connectivity index (χ0n) is 13.1. The number of ether oxygens (including phenoxy) is 1. The van der Waals surface area contributed by atoms with Crippen LogP contribution in [0.4, 0.5) is 0 Å². The van der Waals surface area contributed by atoms with Gasteiger partial charge in [-0.3, -0.25) is 9.89 Å². The monoisotopic (exact) mass is 326 g/mol. The Morgan fingerprint density at radius 3 is 2.95 bits per heavy atom. The molecule has 2 aliphatic heterocycles. The average molecular weight is 327 g/mol. The Morgan fingerprint density at radius 1 is 1.45 bits per heavy atom. The molecular weight excluding hydrogens is 304 g/mol. The van der Waals surface area contributed by atoms with Gasteiger partial charge in [-0.05, 0) is 19.4 Å². The summed E-state index contributed by atoms with van der Waals surface area (Å²) in [6, 6.07) is 0.0905. The SMILES string of the molecule is CCc1[nH]nc(C(=O)N2CCO[C@@H]3CCN(CC)C[C@@H]32)c1Cl. The Kier molecular flexibility index (Phi) is 4.70. The van der Waals surface area contributed by atoms with Crippen LogP contribution in [0.1, 0.15) is 36.5 Å². The lowest BCUT2D eigenvalue weighted by Gasteiger charge is -2.46. The lowest BCUT2D eigenvalue weighted by Crippen LogP contribution is -2.61. The molecule has 22 heavy (non-hydrogen) atoms. The minimum atomic E-state index is -0.0859. The van der Waals surface area contributed by atoms with Gasteiger partial charge in [0, 0.05) is 19.6 Å². The fourth-order valence-electron chi connectivity index (χ4n) is 3.35. The van der Waals surface area contributed by atoms with Crippen molar-refractivity contribution in [2.24, 2.45) is 0 Å². The number of nitrogens with one attached hydrogen (secondary N) is 1. The van der Waals surface area contributed by atoms with E-state index in [4.69, 9.17) is 16.3 Å². The summed E-state index contributed by atoms with van der Waals surface area (Å²) in [6.45, 7) is 8.20. The molecule has 0 radical (unpaired) electrons. The van der Waals surface area contributed by atoms with Crippen LogP contribution in [0.5, 0.6) is 0 Å². The van der Waals surface area contributed by atoms with Crippen LogP contribution in [0.3, 0.4) is 0 Å². The van der Waals surface area contributed by atoms with Crippen LogP contribution in [-0.4, -0.2) is 70.8 Å². The Labute approximate surface area is 135 Å². The molecule has 0 aromatic carbocycles. The fraction of sp³-hybridized carbons (Fsp3) is 0.733. The molecule has 7 heteroatoms. The van der Waals surface area contributed by atoms with Crippen molar-refractivity contribution in [3.05, 3.63) is 16.4 Å². The van der Waals surface area contributed by atoms with E-state index >= 15 is 0 Å². The molecule has 0 aliphatic carbocycles. The van der Waals surface area contributed by atoms with Crippen molar-refractivity contribution in [2.75, 3.05) is 32.8 Å². The minimum absolute atomic E-state index is 0.0859. The highest BCUT2D eigenvalue weighted by Gasteiger charge is 2.40. The van der Waals surface area contributed by atoms with E-state index in [-0.39, 0.29) is 18.1 Å². The van der Waals surface area contributed by atoms with Crippen molar-refractivity contribution in [1.29, 1.82) is 0 Å². The van der Waals surface area contributed by atoms with Crippen LogP contribution in [-0.2, 0) is 11.2 Å². The molecule has 1 aromatic rings. The summed E-state index contributed by atoms with van der Waals surface area (Å²) in [5, 5.41) is 7.46.